The van der Waals surface area contributed by atoms with Crippen molar-refractivity contribution in [2.24, 2.45) is 23.5 Å². The van der Waals surface area contributed by atoms with Gasteiger partial charge in [0.05, 0.1) is 34.9 Å². The zero-order valence-electron chi connectivity index (χ0n) is 50.3. The molecule has 6 atom stereocenters. The standard InChI is InChI=1S/C24H23ClN4O3.C20H22N2O4.C12H8ClNO2.C7H13NO2.C5H5ClN2/c25-17-10-13-21(26-15-17)28-24(32)19-5-1-2-6-20(19)27-23(31)16-8-11-18(12-9-16)29-14-4-3-7-22(29)30;1-26-20(25)16-6-2-3-7-17(16)21-19(24)14-9-11-15(12-10-14)22-13-5-4-8-18(22)23;13-12(16)9-4-6-10(7-5-9)14-8-2-1-3-11(14)15;8-6-4-2-1-3-5(6)7(9)10;6-4-1-2-5(7)8-3-4/h3-4,7-15,19-20H,1-2,5-6H2,(H,27,31)(H,26,28,32);4-5,8-13,16-17H,2-3,6-7H2,1H3,(H,21,24);1-8H;5-6H,1-4,8H2,(H,9,10);1-3H,(H2,7,8)/t19-,20-;16-,17-;;5-,6-;/m00.0./s1. The SMILES string of the molecule is COC(=O)[C@H]1CCCC[C@@H]1NC(=O)c1ccc(-n2ccccc2=O)cc1.N[C@H]1CCCC[C@@H]1C(=O)O.Nc1ccc(Cl)cn1.O=C(Cl)c1ccc(-n2ccccc2=O)cc1.O=C(N[C@H]1CCCC[C@@H]1C(=O)Nc1ccc(Cl)cn1)c1ccc(-n2ccccc2=O)cc1. The second-order valence-corrected chi connectivity index (χ2v) is 23.0. The molecule has 8 aromatic rings. The first-order chi connectivity index (χ1) is 44.3. The van der Waals surface area contributed by atoms with Gasteiger partial charge in [-0.3, -0.25) is 56.9 Å². The van der Waals surface area contributed by atoms with Crippen molar-refractivity contribution in [3.8, 4) is 17.1 Å². The summed E-state index contributed by atoms with van der Waals surface area (Å²) >= 11 is 16.7. The monoisotopic (exact) mass is 1310 g/mol. The number of ether oxygens (including phenoxy) is 1. The molecule has 0 spiro atoms. The van der Waals surface area contributed by atoms with E-state index >= 15 is 0 Å². The van der Waals surface area contributed by atoms with Crippen LogP contribution >= 0.6 is 34.8 Å². The maximum absolute atomic E-state index is 12.9. The van der Waals surface area contributed by atoms with Crippen LogP contribution in [0.2, 0.25) is 10.0 Å². The van der Waals surface area contributed by atoms with Crippen LogP contribution in [0.25, 0.3) is 17.1 Å². The summed E-state index contributed by atoms with van der Waals surface area (Å²) in [6.07, 6.45) is 18.5. The molecule has 3 aliphatic rings. The molecule has 0 bridgehead atoms. The third-order valence-electron chi connectivity index (χ3n) is 15.5. The number of benzene rings is 3. The van der Waals surface area contributed by atoms with Gasteiger partial charge in [0.15, 0.2) is 0 Å². The van der Waals surface area contributed by atoms with E-state index in [-0.39, 0.29) is 76.2 Å². The number of halogens is 3. The highest BCUT2D eigenvalue weighted by atomic mass is 35.5. The number of aromatic nitrogens is 5. The maximum atomic E-state index is 12.9. The van der Waals surface area contributed by atoms with Crippen LogP contribution in [-0.2, 0) is 19.1 Å². The first-order valence-electron chi connectivity index (χ1n) is 29.8. The van der Waals surface area contributed by atoms with Crippen molar-refractivity contribution in [2.75, 3.05) is 18.2 Å². The van der Waals surface area contributed by atoms with Gasteiger partial charge in [0.2, 0.25) is 5.91 Å². The Morgan fingerprint density at radius 3 is 1.28 bits per heavy atom. The molecule has 3 amide bonds. The molecule has 3 aliphatic carbocycles. The molecule has 0 radical (unpaired) electrons. The quantitative estimate of drug-likeness (QED) is 0.0489. The van der Waals surface area contributed by atoms with Crippen LogP contribution in [0, 0.1) is 17.8 Å². The normalized spacial score (nSPS) is 18.0. The van der Waals surface area contributed by atoms with Gasteiger partial charge in [-0.25, -0.2) is 9.97 Å². The minimum atomic E-state index is -0.729. The molecule has 24 heteroatoms. The fourth-order valence-corrected chi connectivity index (χ4v) is 11.0. The highest BCUT2D eigenvalue weighted by Gasteiger charge is 2.34. The van der Waals surface area contributed by atoms with Crippen molar-refractivity contribution in [1.82, 2.24) is 34.3 Å². The number of esters is 1. The third kappa shape index (κ3) is 20.8. The maximum Gasteiger partial charge on any atom is 0.310 e. The van der Waals surface area contributed by atoms with Crippen molar-refractivity contribution in [3.63, 3.8) is 0 Å². The molecule has 92 heavy (non-hydrogen) atoms. The van der Waals surface area contributed by atoms with Gasteiger partial charge in [0.25, 0.3) is 33.7 Å². The van der Waals surface area contributed by atoms with E-state index in [9.17, 15) is 43.2 Å². The van der Waals surface area contributed by atoms with Crippen LogP contribution in [0.5, 0.6) is 0 Å². The number of nitrogens with one attached hydrogen (secondary N) is 3. The Bertz CT molecular complexity index is 3920. The molecule has 0 unspecified atom stereocenters. The van der Waals surface area contributed by atoms with E-state index in [2.05, 4.69) is 25.9 Å². The second kappa shape index (κ2) is 35.2. The summed E-state index contributed by atoms with van der Waals surface area (Å²) < 4.78 is 9.37. The Morgan fingerprint density at radius 1 is 0.511 bits per heavy atom. The molecule has 5 aromatic heterocycles. The molecule has 5 heterocycles. The van der Waals surface area contributed by atoms with Crippen molar-refractivity contribution < 1.29 is 38.6 Å². The molecule has 21 nitrogen and oxygen atoms in total. The lowest BCUT2D eigenvalue weighted by Crippen LogP contribution is -2.46. The topological polar surface area (TPSA) is 312 Å². The molecule has 480 valence electrons. The van der Waals surface area contributed by atoms with E-state index in [0.717, 1.165) is 70.6 Å². The largest absolute Gasteiger partial charge is 0.481 e. The Labute approximate surface area is 545 Å². The predicted molar refractivity (Wildman–Crippen MR) is 354 cm³/mol. The molecule has 3 fully saturated rings. The number of carboxylic acids is 1. The lowest BCUT2D eigenvalue weighted by molar-refractivity contribution is -0.147. The molecule has 0 aliphatic heterocycles. The Balaban J connectivity index is 0.000000177. The van der Waals surface area contributed by atoms with Gasteiger partial charge in [-0.05, 0) is 165 Å². The summed E-state index contributed by atoms with van der Waals surface area (Å²) in [6, 6.07) is 41.1. The minimum Gasteiger partial charge on any atom is -0.481 e. The van der Waals surface area contributed by atoms with Crippen LogP contribution < -0.4 is 44.1 Å². The van der Waals surface area contributed by atoms with Gasteiger partial charge < -0.3 is 37.3 Å². The van der Waals surface area contributed by atoms with Gasteiger partial charge in [0, 0.05) is 101 Å². The lowest BCUT2D eigenvalue weighted by Gasteiger charge is -2.31. The number of hydrogen-bond donors (Lipinski definition) is 6. The average molecular weight is 1310 g/mol. The molecule has 8 N–H and O–H groups in total. The summed E-state index contributed by atoms with van der Waals surface area (Å²) in [5, 5.41) is 18.0. The number of nitrogens with zero attached hydrogens (tertiary/aromatic N) is 5. The number of pyridine rings is 5. The number of carboxylic acid groups (broad SMARTS) is 1. The van der Waals surface area contributed by atoms with Gasteiger partial charge in [0.1, 0.15) is 11.6 Å². The van der Waals surface area contributed by atoms with Gasteiger partial charge in [-0.2, -0.15) is 0 Å². The number of rotatable bonds is 12. The second-order valence-electron chi connectivity index (χ2n) is 21.8. The van der Waals surface area contributed by atoms with Crippen molar-refractivity contribution in [1.29, 1.82) is 0 Å². The lowest BCUT2D eigenvalue weighted by atomic mass is 9.83. The summed E-state index contributed by atoms with van der Waals surface area (Å²) in [5.41, 5.74) is 13.9. The number of anilines is 2. The van der Waals surface area contributed by atoms with Crippen LogP contribution in [-0.4, -0.2) is 88.9 Å². The number of carbonyl (C=O) groups excluding carboxylic acids is 5. The zero-order chi connectivity index (χ0) is 66.1. The predicted octanol–water partition coefficient (Wildman–Crippen LogP) is 10.2. The number of carbonyl (C=O) groups is 6. The van der Waals surface area contributed by atoms with E-state index in [1.54, 1.807) is 152 Å². The molecule has 11 rings (SSSR count). The number of hydrogen-bond acceptors (Lipinski definition) is 14. The van der Waals surface area contributed by atoms with E-state index < -0.39 is 11.2 Å². The van der Waals surface area contributed by atoms with Gasteiger partial charge in [-0.1, -0.05) is 79.9 Å². The smallest absolute Gasteiger partial charge is 0.310 e. The van der Waals surface area contributed by atoms with Crippen molar-refractivity contribution >= 4 is 81.3 Å². The molecule has 0 saturated heterocycles. The number of nitrogens with two attached hydrogens (primary N) is 2. The fourth-order valence-electron chi connectivity index (χ4n) is 10.6. The van der Waals surface area contributed by atoms with Crippen LogP contribution in [0.4, 0.5) is 11.6 Å². The van der Waals surface area contributed by atoms with Gasteiger partial charge in [-0.15, -0.1) is 0 Å². The van der Waals surface area contributed by atoms with E-state index in [1.165, 1.54) is 51.4 Å². The number of methoxy groups -OCH3 is 1. The Kier molecular flexibility index (Phi) is 26.7. The molecule has 3 aromatic carbocycles. The molecular formula is C68H71Cl3N10O11. The first-order valence-corrected chi connectivity index (χ1v) is 30.9. The average Bonchev–Trinajstić information content (AvgIpc) is 1.67. The molecule has 3 saturated carbocycles. The van der Waals surface area contributed by atoms with Crippen LogP contribution in [0.1, 0.15) is 108 Å². The zero-order valence-corrected chi connectivity index (χ0v) is 52.6. The van der Waals surface area contributed by atoms with Crippen LogP contribution in [0.3, 0.4) is 0 Å². The highest BCUT2D eigenvalue weighted by Crippen LogP contribution is 2.28. The number of amides is 3. The first kappa shape index (κ1) is 69.9. The number of nitrogen functional groups attached to an aromatic ring is 1. The van der Waals surface area contributed by atoms with Crippen LogP contribution in [0.15, 0.2) is 197 Å². The van der Waals surface area contributed by atoms with Crippen molar-refractivity contribution in [2.45, 2.75) is 95.2 Å². The summed E-state index contributed by atoms with van der Waals surface area (Å²) in [5.74, 6) is -1.62. The van der Waals surface area contributed by atoms with Gasteiger partial charge >= 0.3 is 11.9 Å². The Hall–Kier alpha value is -9.54. The minimum absolute atomic E-state index is 0.105. The highest BCUT2D eigenvalue weighted by molar-refractivity contribution is 6.67. The Morgan fingerprint density at radius 2 is 0.913 bits per heavy atom. The fraction of sp³-hybridized carbons (Fsp3) is 0.279. The van der Waals surface area contributed by atoms with E-state index in [0.29, 0.717) is 61.9 Å². The van der Waals surface area contributed by atoms with E-state index in [1.807, 2.05) is 0 Å². The van der Waals surface area contributed by atoms with Crippen molar-refractivity contribution in [3.05, 3.63) is 240 Å². The summed E-state index contributed by atoms with van der Waals surface area (Å²) in [4.78, 5) is 115. The summed E-state index contributed by atoms with van der Waals surface area (Å²) in [6.45, 7) is 0. The van der Waals surface area contributed by atoms with E-state index in [4.69, 9.17) is 56.1 Å². The third-order valence-corrected chi connectivity index (χ3v) is 16.2. The summed E-state index contributed by atoms with van der Waals surface area (Å²) in [7, 11) is 1.38. The number of aliphatic carboxylic acids is 1. The molecular weight excluding hydrogens is 1240 g/mol.